The summed E-state index contributed by atoms with van der Waals surface area (Å²) in [6.07, 6.45) is 6.33. The van der Waals surface area contributed by atoms with E-state index in [1.165, 1.54) is 7.11 Å². The number of hydrogen-bond acceptors (Lipinski definition) is 6. The highest BCUT2D eigenvalue weighted by Crippen LogP contribution is 2.29. The molecule has 9 heteroatoms. The fourth-order valence-electron chi connectivity index (χ4n) is 3.14. The number of nitrogens with zero attached hydrogens (tertiary/aromatic N) is 2. The van der Waals surface area contributed by atoms with Crippen molar-refractivity contribution in [3.05, 3.63) is 35.6 Å². The van der Waals surface area contributed by atoms with Crippen LogP contribution in [0.4, 0.5) is 10.5 Å². The number of rotatable bonds is 6. The molecule has 150 valence electrons. The predicted molar refractivity (Wildman–Crippen MR) is 105 cm³/mol. The molecule has 1 aliphatic carbocycles. The molecule has 2 N–H and O–H groups in total. The molecule has 1 aliphatic rings. The molecule has 1 saturated carbocycles. The normalized spacial score (nSPS) is 18.8. The smallest absolute Gasteiger partial charge is 0.319 e. The number of hydrogen-bond donors (Lipinski definition) is 2. The second-order valence-corrected chi connectivity index (χ2v) is 6.84. The van der Waals surface area contributed by atoms with Crippen molar-refractivity contribution in [2.24, 2.45) is 0 Å². The molecular formula is C19H23ClN4O4. The number of methoxy groups -OCH3 is 2. The maximum atomic E-state index is 12.3. The van der Waals surface area contributed by atoms with Crippen molar-refractivity contribution in [1.29, 1.82) is 0 Å². The summed E-state index contributed by atoms with van der Waals surface area (Å²) in [5.74, 6) is 1.32. The van der Waals surface area contributed by atoms with Crippen LogP contribution < -0.4 is 24.8 Å². The van der Waals surface area contributed by atoms with Gasteiger partial charge in [0.2, 0.25) is 0 Å². The SMILES string of the molecule is COc1ccc(Cl)cc1NC(=O)NC1CCC(Oc2nccnc2OC)CC1. The molecule has 3 rings (SSSR count). The third kappa shape index (κ3) is 5.16. The van der Waals surface area contributed by atoms with Crippen molar-refractivity contribution in [2.45, 2.75) is 37.8 Å². The summed E-state index contributed by atoms with van der Waals surface area (Å²) in [7, 11) is 3.07. The van der Waals surface area contributed by atoms with Crippen LogP contribution >= 0.6 is 11.6 Å². The lowest BCUT2D eigenvalue weighted by Crippen LogP contribution is -2.41. The van der Waals surface area contributed by atoms with E-state index >= 15 is 0 Å². The molecule has 2 amide bonds. The lowest BCUT2D eigenvalue weighted by atomic mass is 9.93. The Morgan fingerprint density at radius 2 is 1.79 bits per heavy atom. The van der Waals surface area contributed by atoms with Gasteiger partial charge in [0.15, 0.2) is 0 Å². The second kappa shape index (κ2) is 9.45. The molecule has 28 heavy (non-hydrogen) atoms. The Bertz CT molecular complexity index is 812. The molecule has 0 bridgehead atoms. The van der Waals surface area contributed by atoms with Gasteiger partial charge in [-0.1, -0.05) is 11.6 Å². The first-order valence-corrected chi connectivity index (χ1v) is 9.39. The molecule has 2 aromatic rings. The quantitative estimate of drug-likeness (QED) is 0.760. The Morgan fingerprint density at radius 1 is 1.07 bits per heavy atom. The minimum absolute atomic E-state index is 0.0136. The number of halogens is 1. The van der Waals surface area contributed by atoms with E-state index in [1.807, 2.05) is 0 Å². The van der Waals surface area contributed by atoms with Crippen LogP contribution in [0.3, 0.4) is 0 Å². The van der Waals surface area contributed by atoms with E-state index in [0.717, 1.165) is 25.7 Å². The molecule has 1 aromatic carbocycles. The summed E-state index contributed by atoms with van der Waals surface area (Å²) in [6.45, 7) is 0. The van der Waals surface area contributed by atoms with Gasteiger partial charge in [0.25, 0.3) is 11.8 Å². The van der Waals surface area contributed by atoms with Gasteiger partial charge in [0, 0.05) is 23.5 Å². The van der Waals surface area contributed by atoms with Crippen LogP contribution in [-0.4, -0.2) is 42.4 Å². The minimum atomic E-state index is -0.291. The van der Waals surface area contributed by atoms with Crippen LogP contribution in [0.5, 0.6) is 17.5 Å². The molecule has 0 radical (unpaired) electrons. The van der Waals surface area contributed by atoms with Gasteiger partial charge in [0.05, 0.1) is 19.9 Å². The third-order valence-corrected chi connectivity index (χ3v) is 4.76. The van der Waals surface area contributed by atoms with Crippen molar-refractivity contribution < 1.29 is 19.0 Å². The van der Waals surface area contributed by atoms with Gasteiger partial charge in [-0.05, 0) is 43.9 Å². The second-order valence-electron chi connectivity index (χ2n) is 6.41. The lowest BCUT2D eigenvalue weighted by molar-refractivity contribution is 0.129. The zero-order valence-electron chi connectivity index (χ0n) is 15.8. The van der Waals surface area contributed by atoms with Crippen LogP contribution in [-0.2, 0) is 0 Å². The van der Waals surface area contributed by atoms with Gasteiger partial charge in [-0.15, -0.1) is 0 Å². The van der Waals surface area contributed by atoms with Crippen LogP contribution in [0, 0.1) is 0 Å². The molecule has 0 unspecified atom stereocenters. The highest BCUT2D eigenvalue weighted by Gasteiger charge is 2.25. The van der Waals surface area contributed by atoms with Gasteiger partial charge in [-0.2, -0.15) is 0 Å². The minimum Gasteiger partial charge on any atom is -0.495 e. The Labute approximate surface area is 168 Å². The fraction of sp³-hybridized carbons (Fsp3) is 0.421. The number of benzene rings is 1. The van der Waals surface area contributed by atoms with Crippen molar-refractivity contribution >= 4 is 23.3 Å². The van der Waals surface area contributed by atoms with Crippen molar-refractivity contribution in [2.75, 3.05) is 19.5 Å². The Balaban J connectivity index is 1.49. The summed E-state index contributed by atoms with van der Waals surface area (Å²) < 4.78 is 16.3. The number of aromatic nitrogens is 2. The number of carbonyl (C=O) groups excluding carboxylic acids is 1. The first-order chi connectivity index (χ1) is 13.6. The number of anilines is 1. The van der Waals surface area contributed by atoms with Gasteiger partial charge in [0.1, 0.15) is 11.9 Å². The average Bonchev–Trinajstić information content (AvgIpc) is 2.70. The summed E-state index contributed by atoms with van der Waals surface area (Å²) in [4.78, 5) is 20.6. The standard InChI is InChI=1S/C19H23ClN4O4/c1-26-16-8-3-12(20)11-15(16)24-19(25)23-13-4-6-14(7-5-13)28-18-17(27-2)21-9-10-22-18/h3,8-11,13-14H,4-7H2,1-2H3,(H2,23,24,25). The topological polar surface area (TPSA) is 94.6 Å². The summed E-state index contributed by atoms with van der Waals surface area (Å²) in [5, 5.41) is 6.30. The number of amides is 2. The van der Waals surface area contributed by atoms with E-state index in [1.54, 1.807) is 37.7 Å². The molecule has 0 spiro atoms. The van der Waals surface area contributed by atoms with E-state index in [0.29, 0.717) is 28.2 Å². The molecular weight excluding hydrogens is 384 g/mol. The first kappa shape index (κ1) is 20.0. The maximum absolute atomic E-state index is 12.3. The summed E-state index contributed by atoms with van der Waals surface area (Å²) >= 11 is 5.99. The van der Waals surface area contributed by atoms with E-state index in [9.17, 15) is 4.79 Å². The summed E-state index contributed by atoms with van der Waals surface area (Å²) in [6, 6.07) is 4.84. The van der Waals surface area contributed by atoms with Crippen LogP contribution in [0.15, 0.2) is 30.6 Å². The van der Waals surface area contributed by atoms with E-state index < -0.39 is 0 Å². The number of nitrogens with one attached hydrogen (secondary N) is 2. The zero-order valence-corrected chi connectivity index (χ0v) is 16.5. The van der Waals surface area contributed by atoms with Crippen LogP contribution in [0.2, 0.25) is 5.02 Å². The molecule has 1 fully saturated rings. The van der Waals surface area contributed by atoms with E-state index in [4.69, 9.17) is 25.8 Å². The van der Waals surface area contributed by atoms with Gasteiger partial charge < -0.3 is 24.8 Å². The monoisotopic (exact) mass is 406 g/mol. The Kier molecular flexibility index (Phi) is 6.76. The Morgan fingerprint density at radius 3 is 2.46 bits per heavy atom. The summed E-state index contributed by atoms with van der Waals surface area (Å²) in [5.41, 5.74) is 0.527. The predicted octanol–water partition coefficient (Wildman–Crippen LogP) is 3.66. The lowest BCUT2D eigenvalue weighted by Gasteiger charge is -2.29. The number of carbonyl (C=O) groups is 1. The first-order valence-electron chi connectivity index (χ1n) is 9.01. The average molecular weight is 407 g/mol. The molecule has 0 atom stereocenters. The van der Waals surface area contributed by atoms with E-state index in [2.05, 4.69) is 20.6 Å². The van der Waals surface area contributed by atoms with Crippen LogP contribution in [0.25, 0.3) is 0 Å². The third-order valence-electron chi connectivity index (χ3n) is 4.52. The van der Waals surface area contributed by atoms with Crippen molar-refractivity contribution in [3.63, 3.8) is 0 Å². The molecule has 8 nitrogen and oxygen atoms in total. The van der Waals surface area contributed by atoms with Crippen molar-refractivity contribution in [1.82, 2.24) is 15.3 Å². The van der Waals surface area contributed by atoms with Crippen molar-refractivity contribution in [3.8, 4) is 17.5 Å². The molecule has 0 aliphatic heterocycles. The molecule has 1 heterocycles. The largest absolute Gasteiger partial charge is 0.495 e. The van der Waals surface area contributed by atoms with Gasteiger partial charge >= 0.3 is 6.03 Å². The Hall–Kier alpha value is -2.74. The number of ether oxygens (including phenoxy) is 3. The maximum Gasteiger partial charge on any atom is 0.319 e. The number of urea groups is 1. The highest BCUT2D eigenvalue weighted by atomic mass is 35.5. The molecule has 1 aromatic heterocycles. The van der Waals surface area contributed by atoms with Gasteiger partial charge in [-0.25, -0.2) is 14.8 Å². The highest BCUT2D eigenvalue weighted by molar-refractivity contribution is 6.31. The van der Waals surface area contributed by atoms with Gasteiger partial charge in [-0.3, -0.25) is 0 Å². The zero-order chi connectivity index (χ0) is 19.9. The fourth-order valence-corrected chi connectivity index (χ4v) is 3.31. The molecule has 0 saturated heterocycles. The van der Waals surface area contributed by atoms with E-state index in [-0.39, 0.29) is 18.2 Å². The van der Waals surface area contributed by atoms with Crippen LogP contribution in [0.1, 0.15) is 25.7 Å².